The maximum absolute atomic E-state index is 10.6. The summed E-state index contributed by atoms with van der Waals surface area (Å²) in [6, 6.07) is 8.31. The normalized spacial score (nSPS) is 26.7. The average molecular weight is 458 g/mol. The van der Waals surface area contributed by atoms with Crippen molar-refractivity contribution >= 4 is 11.8 Å². The van der Waals surface area contributed by atoms with E-state index in [9.17, 15) is 10.2 Å². The van der Waals surface area contributed by atoms with Gasteiger partial charge in [-0.2, -0.15) is 11.8 Å². The van der Waals surface area contributed by atoms with Crippen LogP contribution in [0.2, 0.25) is 0 Å². The molecule has 3 rings (SSSR count). The lowest BCUT2D eigenvalue weighted by molar-refractivity contribution is 0.140. The molecule has 1 aromatic carbocycles. The van der Waals surface area contributed by atoms with Crippen molar-refractivity contribution in [3.8, 4) is 0 Å². The average Bonchev–Trinajstić information content (AvgIpc) is 3.21. The fourth-order valence-corrected chi connectivity index (χ4v) is 6.05. The third-order valence-electron chi connectivity index (χ3n) is 7.32. The highest BCUT2D eigenvalue weighted by Gasteiger charge is 2.43. The molecular formula is C28H43NO2S. The Morgan fingerprint density at radius 1 is 1.25 bits per heavy atom. The van der Waals surface area contributed by atoms with Crippen LogP contribution in [0.1, 0.15) is 51.2 Å². The van der Waals surface area contributed by atoms with Crippen molar-refractivity contribution < 1.29 is 10.2 Å². The van der Waals surface area contributed by atoms with Crippen molar-refractivity contribution in [2.45, 2.75) is 71.1 Å². The number of aliphatic hydroxyl groups excluding tert-OH is 2. The molecule has 0 aromatic heterocycles. The number of aryl methyl sites for hydroxylation is 1. The largest absolute Gasteiger partial charge is 0.392 e. The van der Waals surface area contributed by atoms with Crippen LogP contribution in [-0.4, -0.2) is 58.0 Å². The maximum atomic E-state index is 10.6. The number of benzene rings is 1. The molecule has 0 spiro atoms. The number of thioether (sulfide) groups is 1. The molecule has 3 nitrogen and oxygen atoms in total. The van der Waals surface area contributed by atoms with Gasteiger partial charge in [0.05, 0.1) is 12.2 Å². The van der Waals surface area contributed by atoms with Crippen molar-refractivity contribution in [1.29, 1.82) is 0 Å². The van der Waals surface area contributed by atoms with E-state index in [1.54, 1.807) is 5.57 Å². The molecule has 1 aromatic rings. The van der Waals surface area contributed by atoms with E-state index in [0.29, 0.717) is 18.3 Å². The van der Waals surface area contributed by atoms with E-state index < -0.39 is 6.10 Å². The lowest BCUT2D eigenvalue weighted by Crippen LogP contribution is -2.39. The second-order valence-electron chi connectivity index (χ2n) is 10.8. The molecule has 0 bridgehead atoms. The second-order valence-corrected chi connectivity index (χ2v) is 12.1. The Labute approximate surface area is 200 Å². The van der Waals surface area contributed by atoms with Crippen molar-refractivity contribution in [3.05, 3.63) is 59.2 Å². The molecule has 0 aliphatic heterocycles. The van der Waals surface area contributed by atoms with E-state index in [2.05, 4.69) is 81.8 Å². The van der Waals surface area contributed by atoms with Crippen molar-refractivity contribution in [2.75, 3.05) is 25.1 Å². The molecule has 2 aliphatic rings. The van der Waals surface area contributed by atoms with E-state index in [1.807, 2.05) is 12.1 Å². The van der Waals surface area contributed by atoms with Gasteiger partial charge in [0.1, 0.15) is 0 Å². The first kappa shape index (κ1) is 25.6. The summed E-state index contributed by atoms with van der Waals surface area (Å²) in [5.74, 6) is 3.52. The third kappa shape index (κ3) is 7.21. The fraction of sp³-hybridized carbons (Fsp3) is 0.643. The van der Waals surface area contributed by atoms with Crippen LogP contribution in [0.15, 0.2) is 48.1 Å². The Morgan fingerprint density at radius 2 is 2.03 bits per heavy atom. The maximum Gasteiger partial charge on any atom is 0.0761 e. The molecule has 0 amide bonds. The summed E-state index contributed by atoms with van der Waals surface area (Å²) in [6.45, 7) is 10.00. The minimum absolute atomic E-state index is 0.161. The van der Waals surface area contributed by atoms with Gasteiger partial charge in [-0.3, -0.25) is 0 Å². The van der Waals surface area contributed by atoms with Crippen molar-refractivity contribution in [1.82, 2.24) is 4.90 Å². The number of allylic oxidation sites excluding steroid dienone is 2. The van der Waals surface area contributed by atoms with E-state index in [1.165, 1.54) is 23.5 Å². The number of hydrogen-bond donors (Lipinski definition) is 2. The summed E-state index contributed by atoms with van der Waals surface area (Å²) in [5.41, 5.74) is 4.19. The first-order valence-electron chi connectivity index (χ1n) is 12.2. The number of nitrogens with zero attached hydrogens (tertiary/aromatic N) is 1. The lowest BCUT2D eigenvalue weighted by atomic mass is 9.88. The highest BCUT2D eigenvalue weighted by Crippen LogP contribution is 2.48. The molecule has 32 heavy (non-hydrogen) atoms. The molecule has 178 valence electrons. The number of aliphatic hydroxyl groups is 2. The Kier molecular flexibility index (Phi) is 9.08. The zero-order valence-corrected chi connectivity index (χ0v) is 21.4. The van der Waals surface area contributed by atoms with Gasteiger partial charge in [-0.1, -0.05) is 53.6 Å². The second kappa shape index (κ2) is 11.4. The highest BCUT2D eigenvalue weighted by atomic mass is 32.2. The van der Waals surface area contributed by atoms with Gasteiger partial charge in [0.25, 0.3) is 0 Å². The monoisotopic (exact) mass is 457 g/mol. The van der Waals surface area contributed by atoms with Gasteiger partial charge in [0.2, 0.25) is 0 Å². The third-order valence-corrected chi connectivity index (χ3v) is 8.28. The Morgan fingerprint density at radius 3 is 2.75 bits per heavy atom. The smallest absolute Gasteiger partial charge is 0.0761 e. The molecule has 0 saturated heterocycles. The van der Waals surface area contributed by atoms with E-state index in [4.69, 9.17) is 0 Å². The molecule has 1 saturated carbocycles. The zero-order chi connectivity index (χ0) is 23.3. The van der Waals surface area contributed by atoms with Crippen molar-refractivity contribution in [2.24, 2.45) is 17.8 Å². The standard InChI is InChI=1S/C28H43NO2S/c1-20-7-6-8-21(15-20)17-24(30)9-10-25-26-18-22(16-23(26)19-27(25)31)11-13-32-14-12-29(5)28(2,3)4/h6-10,15-16,23-27,30-31H,11-14,17-19H2,1-5H3/b10-9+/t23-,24-,25+,26-,27+/m0/s1. The SMILES string of the molecule is Cc1cccc(C[C@@H](O)/C=C/[C@@H]2[C@H]3CC(CCSCCN(C)C(C)(C)C)=C[C@H]3C[C@H]2O)c1. The summed E-state index contributed by atoms with van der Waals surface area (Å²) in [5, 5.41) is 21.1. The van der Waals surface area contributed by atoms with E-state index >= 15 is 0 Å². The van der Waals surface area contributed by atoms with Gasteiger partial charge in [0, 0.05) is 30.2 Å². The lowest BCUT2D eigenvalue weighted by Gasteiger charge is -2.31. The summed E-state index contributed by atoms with van der Waals surface area (Å²) < 4.78 is 0. The molecular weight excluding hydrogens is 414 g/mol. The van der Waals surface area contributed by atoms with Gasteiger partial charge >= 0.3 is 0 Å². The molecule has 1 fully saturated rings. The molecule has 2 N–H and O–H groups in total. The summed E-state index contributed by atoms with van der Waals surface area (Å²) in [6.07, 6.45) is 9.44. The van der Waals surface area contributed by atoms with Gasteiger partial charge in [0.15, 0.2) is 0 Å². The van der Waals surface area contributed by atoms with Gasteiger partial charge in [-0.05, 0) is 77.2 Å². The van der Waals surface area contributed by atoms with Crippen LogP contribution in [0.25, 0.3) is 0 Å². The van der Waals surface area contributed by atoms with Gasteiger partial charge < -0.3 is 15.1 Å². The van der Waals surface area contributed by atoms with Crippen LogP contribution in [0.5, 0.6) is 0 Å². The molecule has 0 unspecified atom stereocenters. The van der Waals surface area contributed by atoms with Crippen molar-refractivity contribution in [3.63, 3.8) is 0 Å². The molecule has 4 heteroatoms. The fourth-order valence-electron chi connectivity index (χ4n) is 5.04. The van der Waals surface area contributed by atoms with Crippen LogP contribution in [-0.2, 0) is 6.42 Å². The van der Waals surface area contributed by atoms with E-state index in [-0.39, 0.29) is 17.6 Å². The molecule has 2 aliphatic carbocycles. The predicted molar refractivity (Wildman–Crippen MR) is 138 cm³/mol. The van der Waals surface area contributed by atoms with Gasteiger partial charge in [-0.15, -0.1) is 0 Å². The Balaban J connectivity index is 1.43. The summed E-state index contributed by atoms with van der Waals surface area (Å²) >= 11 is 2.05. The minimum atomic E-state index is -0.500. The quantitative estimate of drug-likeness (QED) is 0.372. The van der Waals surface area contributed by atoms with Crippen LogP contribution >= 0.6 is 11.8 Å². The zero-order valence-electron chi connectivity index (χ0n) is 20.6. The van der Waals surface area contributed by atoms with Gasteiger partial charge in [-0.25, -0.2) is 0 Å². The Hall–Kier alpha value is -1.07. The topological polar surface area (TPSA) is 43.7 Å². The first-order chi connectivity index (χ1) is 15.1. The number of rotatable bonds is 10. The highest BCUT2D eigenvalue weighted by molar-refractivity contribution is 7.99. The minimum Gasteiger partial charge on any atom is -0.392 e. The predicted octanol–water partition coefficient (Wildman–Crippen LogP) is 5.25. The summed E-state index contributed by atoms with van der Waals surface area (Å²) in [7, 11) is 2.21. The van der Waals surface area contributed by atoms with Crippen LogP contribution < -0.4 is 0 Å². The van der Waals surface area contributed by atoms with Crippen LogP contribution in [0.4, 0.5) is 0 Å². The number of hydrogen-bond acceptors (Lipinski definition) is 4. The summed E-state index contributed by atoms with van der Waals surface area (Å²) in [4.78, 5) is 2.42. The molecule has 0 radical (unpaired) electrons. The Bertz CT molecular complexity index is 797. The first-order valence-corrected chi connectivity index (χ1v) is 13.4. The van der Waals surface area contributed by atoms with E-state index in [0.717, 1.165) is 24.9 Å². The number of fused-ring (bicyclic) bond motifs is 1. The molecule has 5 atom stereocenters. The van der Waals surface area contributed by atoms with Crippen LogP contribution in [0.3, 0.4) is 0 Å². The molecule has 0 heterocycles. The van der Waals surface area contributed by atoms with Crippen LogP contribution in [0, 0.1) is 24.7 Å².